The molecule has 0 aliphatic rings. The molecule has 100 valence electrons. The highest BCUT2D eigenvalue weighted by Gasteiger charge is 2.25. The van der Waals surface area contributed by atoms with Crippen molar-refractivity contribution >= 4 is 12.1 Å². The van der Waals surface area contributed by atoms with Gasteiger partial charge in [-0.25, -0.2) is 4.79 Å². The molecule has 0 rings (SSSR count). The number of esters is 1. The van der Waals surface area contributed by atoms with Gasteiger partial charge in [-0.1, -0.05) is 0 Å². The van der Waals surface area contributed by atoms with Gasteiger partial charge in [0.2, 0.25) is 0 Å². The molecular formula is C11H21NO5. The molecule has 0 spiro atoms. The van der Waals surface area contributed by atoms with E-state index in [4.69, 9.17) is 9.84 Å². The molecule has 0 radical (unpaired) electrons. The van der Waals surface area contributed by atoms with Gasteiger partial charge in [-0.15, -0.1) is 0 Å². The van der Waals surface area contributed by atoms with Crippen molar-refractivity contribution in [3.63, 3.8) is 0 Å². The maximum absolute atomic E-state index is 11.6. The predicted octanol–water partition coefficient (Wildman–Crippen LogP) is 0.635. The van der Waals surface area contributed by atoms with Crippen LogP contribution in [0.5, 0.6) is 0 Å². The van der Waals surface area contributed by atoms with Crippen molar-refractivity contribution in [2.75, 3.05) is 27.3 Å². The summed E-state index contributed by atoms with van der Waals surface area (Å²) in [7, 11) is 2.73. The smallest absolute Gasteiger partial charge is 0.410 e. The van der Waals surface area contributed by atoms with Crippen molar-refractivity contribution in [3.8, 4) is 0 Å². The van der Waals surface area contributed by atoms with Crippen LogP contribution >= 0.6 is 0 Å². The zero-order valence-electron chi connectivity index (χ0n) is 11.0. The molecule has 0 bridgehead atoms. The topological polar surface area (TPSA) is 76.1 Å². The van der Waals surface area contributed by atoms with E-state index in [2.05, 4.69) is 4.74 Å². The molecule has 0 fully saturated rings. The molecule has 0 aliphatic heterocycles. The summed E-state index contributed by atoms with van der Waals surface area (Å²) in [5.74, 6) is -1.31. The van der Waals surface area contributed by atoms with E-state index in [-0.39, 0.29) is 13.2 Å². The zero-order valence-corrected chi connectivity index (χ0v) is 11.0. The lowest BCUT2D eigenvalue weighted by Crippen LogP contribution is -2.40. The van der Waals surface area contributed by atoms with Gasteiger partial charge in [0.1, 0.15) is 5.60 Å². The second-order valence-corrected chi connectivity index (χ2v) is 4.76. The van der Waals surface area contributed by atoms with E-state index in [1.54, 1.807) is 20.8 Å². The van der Waals surface area contributed by atoms with Crippen molar-refractivity contribution in [2.24, 2.45) is 5.92 Å². The monoisotopic (exact) mass is 247 g/mol. The quantitative estimate of drug-likeness (QED) is 0.737. The number of amides is 1. The van der Waals surface area contributed by atoms with Gasteiger partial charge in [0.05, 0.1) is 19.6 Å². The molecule has 0 heterocycles. The van der Waals surface area contributed by atoms with Gasteiger partial charge in [0.15, 0.2) is 0 Å². The fourth-order valence-corrected chi connectivity index (χ4v) is 1.12. The average molecular weight is 247 g/mol. The SMILES string of the molecule is COC(=O)C(CO)CN(C)C(=O)OC(C)(C)C. The molecule has 1 unspecified atom stereocenters. The Morgan fingerprint density at radius 1 is 1.35 bits per heavy atom. The minimum Gasteiger partial charge on any atom is -0.469 e. The van der Waals surface area contributed by atoms with Crippen LogP contribution in [0.3, 0.4) is 0 Å². The Kier molecular flexibility index (Phi) is 5.95. The summed E-state index contributed by atoms with van der Waals surface area (Å²) in [4.78, 5) is 24.1. The van der Waals surface area contributed by atoms with Crippen LogP contribution in [0.1, 0.15) is 20.8 Å². The Morgan fingerprint density at radius 2 is 1.88 bits per heavy atom. The van der Waals surface area contributed by atoms with E-state index in [0.717, 1.165) is 0 Å². The maximum atomic E-state index is 11.6. The summed E-state index contributed by atoms with van der Waals surface area (Å²) >= 11 is 0. The predicted molar refractivity (Wildman–Crippen MR) is 61.5 cm³/mol. The molecule has 1 N–H and O–H groups in total. The number of nitrogens with zero attached hydrogens (tertiary/aromatic N) is 1. The van der Waals surface area contributed by atoms with Gasteiger partial charge < -0.3 is 19.5 Å². The summed E-state index contributed by atoms with van der Waals surface area (Å²) in [6, 6.07) is 0. The van der Waals surface area contributed by atoms with E-state index in [0.29, 0.717) is 0 Å². The second-order valence-electron chi connectivity index (χ2n) is 4.76. The third-order valence-electron chi connectivity index (χ3n) is 1.95. The summed E-state index contributed by atoms with van der Waals surface area (Å²) in [5.41, 5.74) is -0.592. The third-order valence-corrected chi connectivity index (χ3v) is 1.95. The number of methoxy groups -OCH3 is 1. The molecule has 0 saturated heterocycles. The van der Waals surface area contributed by atoms with Crippen LogP contribution in [0, 0.1) is 5.92 Å². The molecule has 1 amide bonds. The molecule has 1 atom stereocenters. The van der Waals surface area contributed by atoms with Crippen molar-refractivity contribution < 1.29 is 24.2 Å². The Bertz CT molecular complexity index is 272. The highest BCUT2D eigenvalue weighted by molar-refractivity contribution is 5.74. The summed E-state index contributed by atoms with van der Waals surface area (Å²) in [6.07, 6.45) is -0.542. The number of aliphatic hydroxyl groups is 1. The van der Waals surface area contributed by atoms with E-state index >= 15 is 0 Å². The summed E-state index contributed by atoms with van der Waals surface area (Å²) < 4.78 is 9.62. The van der Waals surface area contributed by atoms with E-state index in [9.17, 15) is 9.59 Å². The molecule has 0 aromatic carbocycles. The lowest BCUT2D eigenvalue weighted by molar-refractivity contribution is -0.147. The van der Waals surface area contributed by atoms with E-state index < -0.39 is 23.6 Å². The standard InChI is InChI=1S/C11H21NO5/c1-11(2,3)17-10(15)12(4)6-8(7-13)9(14)16-5/h8,13H,6-7H2,1-5H3. The number of hydrogen-bond donors (Lipinski definition) is 1. The fraction of sp³-hybridized carbons (Fsp3) is 0.818. The molecular weight excluding hydrogens is 226 g/mol. The van der Waals surface area contributed by atoms with Crippen LogP contribution in [-0.4, -0.2) is 55.0 Å². The van der Waals surface area contributed by atoms with Crippen molar-refractivity contribution in [1.82, 2.24) is 4.90 Å². The van der Waals surface area contributed by atoms with Crippen LogP contribution in [-0.2, 0) is 14.3 Å². The van der Waals surface area contributed by atoms with Crippen LogP contribution in [0.2, 0.25) is 0 Å². The summed E-state index contributed by atoms with van der Waals surface area (Å²) in [6.45, 7) is 4.94. The number of aliphatic hydroxyl groups excluding tert-OH is 1. The van der Waals surface area contributed by atoms with Crippen LogP contribution in [0.15, 0.2) is 0 Å². The van der Waals surface area contributed by atoms with Crippen LogP contribution < -0.4 is 0 Å². The van der Waals surface area contributed by atoms with Crippen molar-refractivity contribution in [1.29, 1.82) is 0 Å². The fourth-order valence-electron chi connectivity index (χ4n) is 1.12. The first-order chi connectivity index (χ1) is 7.71. The van der Waals surface area contributed by atoms with Gasteiger partial charge in [0, 0.05) is 13.6 Å². The number of ether oxygens (including phenoxy) is 2. The van der Waals surface area contributed by atoms with Crippen LogP contribution in [0.4, 0.5) is 4.79 Å². The Hall–Kier alpha value is -1.30. The average Bonchev–Trinajstić information content (AvgIpc) is 2.21. The molecule has 0 saturated carbocycles. The number of carbonyl (C=O) groups is 2. The van der Waals surface area contributed by atoms with Crippen molar-refractivity contribution in [3.05, 3.63) is 0 Å². The lowest BCUT2D eigenvalue weighted by Gasteiger charge is -2.26. The number of carbonyl (C=O) groups excluding carboxylic acids is 2. The van der Waals surface area contributed by atoms with E-state index in [1.165, 1.54) is 19.1 Å². The zero-order chi connectivity index (χ0) is 13.6. The van der Waals surface area contributed by atoms with Gasteiger partial charge >= 0.3 is 12.1 Å². The first kappa shape index (κ1) is 15.7. The first-order valence-electron chi connectivity index (χ1n) is 5.34. The van der Waals surface area contributed by atoms with Gasteiger partial charge in [-0.05, 0) is 20.8 Å². The van der Waals surface area contributed by atoms with E-state index in [1.807, 2.05) is 0 Å². The molecule has 0 aromatic heterocycles. The largest absolute Gasteiger partial charge is 0.469 e. The van der Waals surface area contributed by atoms with Gasteiger partial charge in [0.25, 0.3) is 0 Å². The number of rotatable bonds is 4. The minimum absolute atomic E-state index is 0.0537. The number of hydrogen-bond acceptors (Lipinski definition) is 5. The summed E-state index contributed by atoms with van der Waals surface area (Å²) in [5, 5.41) is 9.01. The molecule has 0 aromatic rings. The molecule has 6 heteroatoms. The Morgan fingerprint density at radius 3 is 2.24 bits per heavy atom. The molecule has 6 nitrogen and oxygen atoms in total. The second kappa shape index (κ2) is 6.44. The first-order valence-corrected chi connectivity index (χ1v) is 5.34. The highest BCUT2D eigenvalue weighted by Crippen LogP contribution is 2.10. The normalized spacial score (nSPS) is 12.8. The van der Waals surface area contributed by atoms with Gasteiger partial charge in [-0.3, -0.25) is 4.79 Å². The Labute approximate surface area is 101 Å². The highest BCUT2D eigenvalue weighted by atomic mass is 16.6. The minimum atomic E-state index is -0.752. The Balaban J connectivity index is 4.36. The maximum Gasteiger partial charge on any atom is 0.410 e. The molecule has 17 heavy (non-hydrogen) atoms. The van der Waals surface area contributed by atoms with Gasteiger partial charge in [-0.2, -0.15) is 0 Å². The lowest BCUT2D eigenvalue weighted by atomic mass is 10.1. The van der Waals surface area contributed by atoms with Crippen LogP contribution in [0.25, 0.3) is 0 Å². The molecule has 0 aliphatic carbocycles. The van der Waals surface area contributed by atoms with Crippen molar-refractivity contribution in [2.45, 2.75) is 26.4 Å². The third kappa shape index (κ3) is 6.11.